The van der Waals surface area contributed by atoms with Crippen molar-refractivity contribution in [2.24, 2.45) is 0 Å². The Morgan fingerprint density at radius 1 is 1.60 bits per heavy atom. The van der Waals surface area contributed by atoms with E-state index in [1.165, 1.54) is 17.0 Å². The van der Waals surface area contributed by atoms with Crippen molar-refractivity contribution in [3.05, 3.63) is 46.5 Å². The maximum atomic E-state index is 12.3. The molecule has 1 N–H and O–H groups in total. The molecular weight excluding hydrogens is 260 g/mol. The second-order valence-corrected chi connectivity index (χ2v) is 4.75. The van der Waals surface area contributed by atoms with E-state index in [9.17, 15) is 20.0 Å². The lowest BCUT2D eigenvalue weighted by atomic mass is 10.0. The summed E-state index contributed by atoms with van der Waals surface area (Å²) in [6.45, 7) is 4.56. The largest absolute Gasteiger partial charge is 0.391 e. The zero-order chi connectivity index (χ0) is 14.7. The maximum absolute atomic E-state index is 12.3. The third-order valence-corrected chi connectivity index (χ3v) is 3.27. The van der Waals surface area contributed by atoms with Crippen LogP contribution in [0.1, 0.15) is 18.4 Å². The van der Waals surface area contributed by atoms with Crippen molar-refractivity contribution in [3.63, 3.8) is 0 Å². The number of nitro benzene ring substituents is 1. The smallest absolute Gasteiger partial charge is 0.278 e. The number of benzene rings is 1. The number of nitrogens with zero attached hydrogens (tertiary/aromatic N) is 2. The van der Waals surface area contributed by atoms with E-state index in [0.717, 1.165) is 6.42 Å². The van der Waals surface area contributed by atoms with E-state index in [0.29, 0.717) is 18.5 Å². The van der Waals surface area contributed by atoms with Crippen LogP contribution in [0.3, 0.4) is 0 Å². The molecule has 1 radical (unpaired) electrons. The number of carbonyl (C=O) groups is 1. The molecule has 6 heteroatoms. The lowest BCUT2D eigenvalue weighted by Gasteiger charge is -2.30. The number of aliphatic hydroxyl groups is 1. The minimum Gasteiger partial charge on any atom is -0.391 e. The Morgan fingerprint density at radius 2 is 2.35 bits per heavy atom. The van der Waals surface area contributed by atoms with Crippen LogP contribution in [0.15, 0.2) is 24.8 Å². The topological polar surface area (TPSA) is 83.7 Å². The van der Waals surface area contributed by atoms with Gasteiger partial charge >= 0.3 is 0 Å². The summed E-state index contributed by atoms with van der Waals surface area (Å²) in [4.78, 5) is 23.9. The van der Waals surface area contributed by atoms with Gasteiger partial charge < -0.3 is 10.0 Å². The third-order valence-electron chi connectivity index (χ3n) is 3.27. The monoisotopic (exact) mass is 275 g/mol. The molecule has 1 saturated heterocycles. The third kappa shape index (κ3) is 3.03. The minimum atomic E-state index is -0.564. The molecule has 0 spiro atoms. The van der Waals surface area contributed by atoms with Gasteiger partial charge in [-0.25, -0.2) is 0 Å². The van der Waals surface area contributed by atoms with Gasteiger partial charge in [0.05, 0.1) is 17.1 Å². The van der Waals surface area contributed by atoms with Crippen LogP contribution in [0.2, 0.25) is 0 Å². The van der Waals surface area contributed by atoms with Gasteiger partial charge in [0.15, 0.2) is 0 Å². The summed E-state index contributed by atoms with van der Waals surface area (Å²) in [5.41, 5.74) is 0.395. The first-order valence-electron chi connectivity index (χ1n) is 6.32. The highest BCUT2D eigenvalue weighted by atomic mass is 16.6. The number of amides is 1. The lowest BCUT2D eigenvalue weighted by molar-refractivity contribution is -0.385. The lowest BCUT2D eigenvalue weighted by Crippen LogP contribution is -2.42. The molecule has 1 fully saturated rings. The van der Waals surface area contributed by atoms with Crippen molar-refractivity contribution in [1.82, 2.24) is 4.90 Å². The number of rotatable bonds is 3. The average Bonchev–Trinajstić information content (AvgIpc) is 2.45. The summed E-state index contributed by atoms with van der Waals surface area (Å²) in [5.74, 6) is -0.302. The SMILES string of the molecule is C=C(C(=O)N1CCCC(O)C1)c1cc[c]c([N+](=O)[O-])c1. The summed E-state index contributed by atoms with van der Waals surface area (Å²) >= 11 is 0. The Bertz CT molecular complexity index is 556. The molecule has 1 amide bonds. The molecule has 1 unspecified atom stereocenters. The van der Waals surface area contributed by atoms with Gasteiger partial charge in [-0.3, -0.25) is 14.9 Å². The van der Waals surface area contributed by atoms with Gasteiger partial charge in [0.25, 0.3) is 11.6 Å². The number of hydrogen-bond acceptors (Lipinski definition) is 4. The second-order valence-electron chi connectivity index (χ2n) is 4.75. The zero-order valence-electron chi connectivity index (χ0n) is 10.9. The van der Waals surface area contributed by atoms with E-state index < -0.39 is 11.0 Å². The molecule has 1 atom stereocenters. The fourth-order valence-corrected chi connectivity index (χ4v) is 2.20. The predicted molar refractivity (Wildman–Crippen MR) is 72.8 cm³/mol. The van der Waals surface area contributed by atoms with Crippen molar-refractivity contribution in [2.75, 3.05) is 13.1 Å². The Hall–Kier alpha value is -2.21. The fourth-order valence-electron chi connectivity index (χ4n) is 2.20. The second kappa shape index (κ2) is 5.83. The predicted octanol–water partition coefficient (Wildman–Crippen LogP) is 1.39. The van der Waals surface area contributed by atoms with Crippen LogP contribution in [0, 0.1) is 16.2 Å². The van der Waals surface area contributed by atoms with E-state index in [1.807, 2.05) is 0 Å². The highest BCUT2D eigenvalue weighted by Crippen LogP contribution is 2.22. The number of non-ortho nitro benzene ring substituents is 1. The Balaban J connectivity index is 2.16. The molecule has 0 aliphatic carbocycles. The van der Waals surface area contributed by atoms with Gasteiger partial charge in [0, 0.05) is 24.7 Å². The summed E-state index contributed by atoms with van der Waals surface area (Å²) < 4.78 is 0. The van der Waals surface area contributed by atoms with E-state index in [4.69, 9.17) is 0 Å². The number of hydrogen-bond donors (Lipinski definition) is 1. The van der Waals surface area contributed by atoms with Crippen molar-refractivity contribution >= 4 is 17.2 Å². The van der Waals surface area contributed by atoms with Gasteiger partial charge in [0.2, 0.25) is 0 Å². The van der Waals surface area contributed by atoms with Crippen molar-refractivity contribution in [3.8, 4) is 0 Å². The first-order valence-corrected chi connectivity index (χ1v) is 6.32. The summed E-state index contributed by atoms with van der Waals surface area (Å²) in [6, 6.07) is 6.72. The van der Waals surface area contributed by atoms with E-state index >= 15 is 0 Å². The van der Waals surface area contributed by atoms with E-state index in [2.05, 4.69) is 12.6 Å². The van der Waals surface area contributed by atoms with Crippen LogP contribution in [0.4, 0.5) is 5.69 Å². The number of carbonyl (C=O) groups excluding carboxylic acids is 1. The molecule has 6 nitrogen and oxygen atoms in total. The van der Waals surface area contributed by atoms with Crippen LogP contribution in [-0.4, -0.2) is 40.0 Å². The van der Waals surface area contributed by atoms with Gasteiger partial charge in [-0.05, 0) is 24.5 Å². The van der Waals surface area contributed by atoms with Gasteiger partial charge in [-0.15, -0.1) is 0 Å². The molecular formula is C14H15N2O4. The first-order chi connectivity index (χ1) is 9.49. The van der Waals surface area contributed by atoms with Crippen molar-refractivity contribution in [2.45, 2.75) is 18.9 Å². The average molecular weight is 275 g/mol. The summed E-state index contributed by atoms with van der Waals surface area (Å²) in [5, 5.41) is 20.3. The molecule has 0 bridgehead atoms. The van der Waals surface area contributed by atoms with Crippen LogP contribution in [0.25, 0.3) is 5.57 Å². The van der Waals surface area contributed by atoms with E-state index in [-0.39, 0.29) is 23.7 Å². The number of piperidine rings is 1. The molecule has 1 aliphatic rings. The van der Waals surface area contributed by atoms with Gasteiger partial charge in [-0.2, -0.15) is 0 Å². The quantitative estimate of drug-likeness (QED) is 0.513. The number of likely N-dealkylation sites (tertiary alicyclic amines) is 1. The highest BCUT2D eigenvalue weighted by Gasteiger charge is 2.24. The van der Waals surface area contributed by atoms with Gasteiger partial charge in [0.1, 0.15) is 0 Å². The maximum Gasteiger partial charge on any atom is 0.278 e. The number of β-amino-alcohol motifs (C(OH)–C–C–N with tert-alkyl or cyclic N) is 1. The van der Waals surface area contributed by atoms with Crippen LogP contribution in [-0.2, 0) is 4.79 Å². The summed E-state index contributed by atoms with van der Waals surface area (Å²) in [6.07, 6.45) is 0.907. The Labute approximate surface area is 116 Å². The van der Waals surface area contributed by atoms with Crippen LogP contribution >= 0.6 is 0 Å². The molecule has 20 heavy (non-hydrogen) atoms. The van der Waals surface area contributed by atoms with Crippen molar-refractivity contribution < 1.29 is 14.8 Å². The Kier molecular flexibility index (Phi) is 4.14. The molecule has 1 aromatic carbocycles. The molecule has 0 aromatic heterocycles. The molecule has 1 aromatic rings. The van der Waals surface area contributed by atoms with Gasteiger partial charge in [-0.1, -0.05) is 12.6 Å². The minimum absolute atomic E-state index is 0.191. The first kappa shape index (κ1) is 14.2. The number of aliphatic hydroxyl groups excluding tert-OH is 1. The van der Waals surface area contributed by atoms with Crippen LogP contribution in [0.5, 0.6) is 0 Å². The van der Waals surface area contributed by atoms with Crippen molar-refractivity contribution in [1.29, 1.82) is 0 Å². The standard InChI is InChI=1S/C14H15N2O4/c1-10(11-4-2-5-12(8-11)16(19)20)14(18)15-7-3-6-13(17)9-15/h2,4,8,13,17H,1,3,6-7,9H2. The number of nitro groups is 1. The van der Waals surface area contributed by atoms with E-state index in [1.54, 1.807) is 6.07 Å². The highest BCUT2D eigenvalue weighted by molar-refractivity contribution is 6.18. The fraction of sp³-hybridized carbons (Fsp3) is 0.357. The molecule has 2 rings (SSSR count). The Morgan fingerprint density at radius 3 is 3.00 bits per heavy atom. The molecule has 1 aliphatic heterocycles. The molecule has 1 heterocycles. The molecule has 105 valence electrons. The zero-order valence-corrected chi connectivity index (χ0v) is 10.9. The van der Waals surface area contributed by atoms with Crippen LogP contribution < -0.4 is 0 Å². The molecule has 0 saturated carbocycles. The normalized spacial score (nSPS) is 18.6. The summed E-state index contributed by atoms with van der Waals surface area (Å²) in [7, 11) is 0.